The van der Waals surface area contributed by atoms with E-state index in [1.165, 1.54) is 49.7 Å². The van der Waals surface area contributed by atoms with Gasteiger partial charge < -0.3 is 9.64 Å². The zero-order valence-corrected chi connectivity index (χ0v) is 24.0. The minimum absolute atomic E-state index is 0.111. The third-order valence-electron chi connectivity index (χ3n) is 9.91. The molecule has 2 saturated heterocycles. The monoisotopic (exact) mass is 573 g/mol. The largest absolute Gasteiger partial charge is 0.488 e. The number of ether oxygens (including phenoxy) is 1. The Balaban J connectivity index is 0.995. The summed E-state index contributed by atoms with van der Waals surface area (Å²) in [5.41, 5.74) is 6.38. The van der Waals surface area contributed by atoms with Crippen molar-refractivity contribution < 1.29 is 19.1 Å². The van der Waals surface area contributed by atoms with E-state index in [1.54, 1.807) is 10.5 Å². The number of imide groups is 1. The predicted octanol–water partition coefficient (Wildman–Crippen LogP) is 5.36. The number of carbonyl (C=O) groups is 3. The van der Waals surface area contributed by atoms with Crippen molar-refractivity contribution in [2.75, 3.05) is 19.6 Å². The average Bonchev–Trinajstić information content (AvgIpc) is 3.52. The molecule has 0 bridgehead atoms. The maximum atomic E-state index is 13.0. The minimum atomic E-state index is -0.604. The first-order valence-corrected chi connectivity index (χ1v) is 15.4. The molecule has 1 unspecified atom stereocenters. The number of carbonyl (C=O) groups excluding carboxylic acids is 3. The van der Waals surface area contributed by atoms with Crippen LogP contribution in [-0.2, 0) is 16.1 Å². The van der Waals surface area contributed by atoms with E-state index in [0.717, 1.165) is 42.4 Å². The molecule has 8 heteroatoms. The van der Waals surface area contributed by atoms with Crippen LogP contribution < -0.4 is 10.1 Å². The fourth-order valence-corrected chi connectivity index (χ4v) is 7.86. The van der Waals surface area contributed by atoms with Crippen molar-refractivity contribution in [3.63, 3.8) is 0 Å². The van der Waals surface area contributed by atoms with E-state index < -0.39 is 6.04 Å². The molecule has 41 heavy (non-hydrogen) atoms. The van der Waals surface area contributed by atoms with E-state index in [0.29, 0.717) is 23.9 Å². The lowest BCUT2D eigenvalue weighted by molar-refractivity contribution is -0.136. The zero-order chi connectivity index (χ0) is 28.1. The maximum absolute atomic E-state index is 13.0. The molecular weight excluding hydrogens is 538 g/mol. The fourth-order valence-electron chi connectivity index (χ4n) is 7.73. The molecule has 1 N–H and O–H groups in total. The van der Waals surface area contributed by atoms with E-state index in [9.17, 15) is 14.4 Å². The number of nitrogens with zero attached hydrogens (tertiary/aromatic N) is 2. The van der Waals surface area contributed by atoms with Gasteiger partial charge in [0.15, 0.2) is 0 Å². The average molecular weight is 574 g/mol. The van der Waals surface area contributed by atoms with E-state index in [1.807, 2.05) is 30.3 Å². The first-order valence-electron chi connectivity index (χ1n) is 15.0. The van der Waals surface area contributed by atoms with Crippen LogP contribution in [0, 0.1) is 5.41 Å². The van der Waals surface area contributed by atoms with E-state index >= 15 is 0 Å². The highest BCUT2D eigenvalue weighted by Gasteiger charge is 2.41. The molecule has 5 aliphatic rings. The standard InChI is InChI=1S/C33H36ClN3O4/c34-24-5-3-21(4-6-24)27-11-14-33(12-1-2-13-33)16-23(27)17-36-19-26(20-36)41-25-7-8-28-22(15-25)18-37(32(28)40)29-9-10-30(38)35-31(29)39/h3-8,15,26,29H,1-2,9-14,16-20H2,(H,35,38,39). The number of fused-ring (bicyclic) bond motifs is 1. The van der Waals surface area contributed by atoms with Crippen LogP contribution in [0.1, 0.15) is 79.3 Å². The highest BCUT2D eigenvalue weighted by molar-refractivity contribution is 6.30. The van der Waals surface area contributed by atoms with Gasteiger partial charge in [-0.25, -0.2) is 0 Å². The Morgan fingerprint density at radius 3 is 2.51 bits per heavy atom. The number of nitrogens with one attached hydrogen (secondary N) is 1. The molecule has 2 aromatic rings. The van der Waals surface area contributed by atoms with Gasteiger partial charge in [0.25, 0.3) is 5.91 Å². The lowest BCUT2D eigenvalue weighted by Crippen LogP contribution is -2.54. The van der Waals surface area contributed by atoms with Gasteiger partial charge in [-0.05, 0) is 91.0 Å². The first-order chi connectivity index (χ1) is 19.9. The summed E-state index contributed by atoms with van der Waals surface area (Å²) < 4.78 is 6.34. The molecule has 3 fully saturated rings. The minimum Gasteiger partial charge on any atom is -0.488 e. The number of amides is 3. The number of rotatable bonds is 6. The molecule has 2 aromatic carbocycles. The summed E-state index contributed by atoms with van der Waals surface area (Å²) in [6.45, 7) is 3.10. The van der Waals surface area contributed by atoms with E-state index in [-0.39, 0.29) is 30.2 Å². The van der Waals surface area contributed by atoms with Crippen molar-refractivity contribution in [2.45, 2.75) is 76.5 Å². The first kappa shape index (κ1) is 26.7. The van der Waals surface area contributed by atoms with Crippen molar-refractivity contribution in [2.24, 2.45) is 5.41 Å². The summed E-state index contributed by atoms with van der Waals surface area (Å²) in [6, 6.07) is 13.4. The summed E-state index contributed by atoms with van der Waals surface area (Å²) in [4.78, 5) is 40.9. The molecular formula is C33H36ClN3O4. The van der Waals surface area contributed by atoms with Gasteiger partial charge in [-0.3, -0.25) is 24.6 Å². The van der Waals surface area contributed by atoms with Gasteiger partial charge >= 0.3 is 0 Å². The summed E-state index contributed by atoms with van der Waals surface area (Å²) in [5.74, 6) is -0.0672. The molecule has 2 aliphatic carbocycles. The second-order valence-electron chi connectivity index (χ2n) is 12.6. The van der Waals surface area contributed by atoms with Crippen molar-refractivity contribution in [1.29, 1.82) is 0 Å². The van der Waals surface area contributed by atoms with Gasteiger partial charge in [0.1, 0.15) is 17.9 Å². The molecule has 3 amide bonds. The smallest absolute Gasteiger partial charge is 0.255 e. The van der Waals surface area contributed by atoms with Crippen LogP contribution in [0.5, 0.6) is 5.75 Å². The molecule has 7 nitrogen and oxygen atoms in total. The highest BCUT2D eigenvalue weighted by Crippen LogP contribution is 2.52. The Hall–Kier alpha value is -3.16. The zero-order valence-electron chi connectivity index (χ0n) is 23.3. The topological polar surface area (TPSA) is 79.0 Å². The number of allylic oxidation sites excluding steroid dienone is 1. The van der Waals surface area contributed by atoms with Gasteiger partial charge in [-0.1, -0.05) is 42.1 Å². The normalized spacial score (nSPS) is 24.6. The molecule has 3 aliphatic heterocycles. The lowest BCUT2D eigenvalue weighted by atomic mass is 9.69. The number of likely N-dealkylation sites (tertiary alicyclic amines) is 1. The number of piperidine rings is 1. The molecule has 1 spiro atoms. The fraction of sp³-hybridized carbons (Fsp3) is 0.485. The molecule has 0 aromatic heterocycles. The molecule has 3 heterocycles. The number of hydrogen-bond acceptors (Lipinski definition) is 5. The SMILES string of the molecule is O=C1CCC(N2Cc3cc(OC4CN(CC5=C(c6ccc(Cl)cc6)CCC6(CCCC6)C5)C4)ccc3C2=O)C(=O)N1. The summed E-state index contributed by atoms with van der Waals surface area (Å²) in [5, 5.41) is 3.14. The van der Waals surface area contributed by atoms with E-state index in [2.05, 4.69) is 22.3 Å². The number of hydrogen-bond donors (Lipinski definition) is 1. The molecule has 214 valence electrons. The molecule has 1 saturated carbocycles. The van der Waals surface area contributed by atoms with Gasteiger partial charge in [-0.2, -0.15) is 0 Å². The van der Waals surface area contributed by atoms with Crippen LogP contribution in [0.4, 0.5) is 0 Å². The van der Waals surface area contributed by atoms with E-state index in [4.69, 9.17) is 16.3 Å². The van der Waals surface area contributed by atoms with Gasteiger partial charge in [0.05, 0.1) is 0 Å². The number of halogens is 1. The van der Waals surface area contributed by atoms with Crippen LogP contribution >= 0.6 is 11.6 Å². The van der Waals surface area contributed by atoms with Crippen LogP contribution in [0.25, 0.3) is 5.57 Å². The Morgan fingerprint density at radius 1 is 0.976 bits per heavy atom. The Kier molecular flexibility index (Phi) is 6.90. The molecule has 1 atom stereocenters. The van der Waals surface area contributed by atoms with Gasteiger partial charge in [0.2, 0.25) is 11.8 Å². The third kappa shape index (κ3) is 5.19. The van der Waals surface area contributed by atoms with Crippen molar-refractivity contribution in [1.82, 2.24) is 15.1 Å². The number of benzene rings is 2. The van der Waals surface area contributed by atoms with Crippen molar-refractivity contribution in [3.05, 3.63) is 69.8 Å². The Bertz CT molecular complexity index is 1420. The Labute approximate surface area is 245 Å². The Morgan fingerprint density at radius 2 is 1.76 bits per heavy atom. The summed E-state index contributed by atoms with van der Waals surface area (Å²) >= 11 is 6.19. The van der Waals surface area contributed by atoms with Crippen LogP contribution in [0.15, 0.2) is 48.0 Å². The van der Waals surface area contributed by atoms with Gasteiger partial charge in [0, 0.05) is 43.2 Å². The second kappa shape index (κ2) is 10.6. The third-order valence-corrected chi connectivity index (χ3v) is 10.2. The quantitative estimate of drug-likeness (QED) is 0.471. The van der Waals surface area contributed by atoms with Crippen LogP contribution in [0.2, 0.25) is 5.02 Å². The second-order valence-corrected chi connectivity index (χ2v) is 13.1. The van der Waals surface area contributed by atoms with Gasteiger partial charge in [-0.15, -0.1) is 0 Å². The molecule has 7 rings (SSSR count). The summed E-state index contributed by atoms with van der Waals surface area (Å²) in [7, 11) is 0. The molecule has 0 radical (unpaired) electrons. The van der Waals surface area contributed by atoms with Crippen LogP contribution in [-0.4, -0.2) is 59.3 Å². The van der Waals surface area contributed by atoms with Crippen molar-refractivity contribution >= 4 is 34.9 Å². The van der Waals surface area contributed by atoms with Crippen molar-refractivity contribution in [3.8, 4) is 5.75 Å². The maximum Gasteiger partial charge on any atom is 0.255 e. The lowest BCUT2D eigenvalue weighted by Gasteiger charge is -2.43. The highest BCUT2D eigenvalue weighted by atomic mass is 35.5. The van der Waals surface area contributed by atoms with Crippen LogP contribution in [0.3, 0.4) is 0 Å². The summed E-state index contributed by atoms with van der Waals surface area (Å²) in [6.07, 6.45) is 9.81. The predicted molar refractivity (Wildman–Crippen MR) is 156 cm³/mol.